The van der Waals surface area contributed by atoms with Crippen molar-refractivity contribution in [3.05, 3.63) is 18.0 Å². The number of hydrogen-bond donors (Lipinski definition) is 3. The summed E-state index contributed by atoms with van der Waals surface area (Å²) in [5, 5.41) is 10.2. The van der Waals surface area contributed by atoms with Crippen molar-refractivity contribution in [1.29, 1.82) is 0 Å². The highest BCUT2D eigenvalue weighted by Crippen LogP contribution is 2.14. The normalized spacial score (nSPS) is 10.4. The molecular weight excluding hydrogens is 206 g/mol. The first-order valence-corrected chi connectivity index (χ1v) is 5.04. The monoisotopic (exact) mass is 219 g/mol. The first-order valence-electron chi connectivity index (χ1n) is 5.04. The number of hydrazine groups is 1. The van der Waals surface area contributed by atoms with E-state index in [1.54, 1.807) is 6.20 Å². The fourth-order valence-electron chi connectivity index (χ4n) is 1.38. The summed E-state index contributed by atoms with van der Waals surface area (Å²) in [5.41, 5.74) is 4.06. The number of aryl methyl sites for hydroxylation is 1. The van der Waals surface area contributed by atoms with Crippen LogP contribution in [-0.2, 0) is 6.42 Å². The van der Waals surface area contributed by atoms with E-state index in [1.165, 1.54) is 0 Å². The number of nitrogens with zero attached hydrogens (tertiary/aromatic N) is 4. The maximum Gasteiger partial charge on any atom is 0.184 e. The minimum absolute atomic E-state index is 0.521. The first-order chi connectivity index (χ1) is 7.83. The minimum atomic E-state index is 0.521. The molecule has 0 spiro atoms. The van der Waals surface area contributed by atoms with Gasteiger partial charge < -0.3 is 5.43 Å². The number of aromatic amines is 1. The van der Waals surface area contributed by atoms with Crippen LogP contribution in [0.4, 0.5) is 5.82 Å². The van der Waals surface area contributed by atoms with Crippen LogP contribution in [0.5, 0.6) is 0 Å². The summed E-state index contributed by atoms with van der Waals surface area (Å²) < 4.78 is 0. The van der Waals surface area contributed by atoms with Crippen molar-refractivity contribution in [3.63, 3.8) is 0 Å². The van der Waals surface area contributed by atoms with Gasteiger partial charge in [-0.2, -0.15) is 15.4 Å². The van der Waals surface area contributed by atoms with Gasteiger partial charge in [0.1, 0.15) is 11.5 Å². The molecule has 0 amide bonds. The van der Waals surface area contributed by atoms with Crippen molar-refractivity contribution in [1.82, 2.24) is 25.4 Å². The predicted molar refractivity (Wildman–Crippen MR) is 59.2 cm³/mol. The molecule has 4 N–H and O–H groups in total. The van der Waals surface area contributed by atoms with Crippen LogP contribution in [-0.4, -0.2) is 25.4 Å². The fourth-order valence-corrected chi connectivity index (χ4v) is 1.38. The summed E-state index contributed by atoms with van der Waals surface area (Å²) >= 11 is 0. The summed E-state index contributed by atoms with van der Waals surface area (Å²) in [5.74, 6) is 6.45. The third-order valence-corrected chi connectivity index (χ3v) is 2.08. The Morgan fingerprint density at radius 3 is 2.94 bits per heavy atom. The van der Waals surface area contributed by atoms with Gasteiger partial charge in [-0.25, -0.2) is 15.8 Å². The average Bonchev–Trinajstić information content (AvgIpc) is 2.82. The number of hydrogen-bond acceptors (Lipinski definition) is 6. The Kier molecular flexibility index (Phi) is 3.06. The van der Waals surface area contributed by atoms with Crippen LogP contribution in [0.25, 0.3) is 11.5 Å². The Morgan fingerprint density at radius 2 is 2.31 bits per heavy atom. The van der Waals surface area contributed by atoms with E-state index in [9.17, 15) is 0 Å². The Balaban J connectivity index is 2.41. The molecule has 2 aromatic rings. The summed E-state index contributed by atoms with van der Waals surface area (Å²) in [7, 11) is 0. The Hall–Kier alpha value is -2.02. The Bertz CT molecular complexity index is 451. The third kappa shape index (κ3) is 2.14. The number of nitrogen functional groups attached to an aromatic ring is 1. The van der Waals surface area contributed by atoms with Gasteiger partial charge in [0.05, 0.1) is 6.20 Å². The van der Waals surface area contributed by atoms with Gasteiger partial charge in [-0.1, -0.05) is 13.3 Å². The van der Waals surface area contributed by atoms with E-state index < -0.39 is 0 Å². The molecule has 0 aliphatic rings. The van der Waals surface area contributed by atoms with E-state index in [0.717, 1.165) is 18.5 Å². The molecule has 2 rings (SSSR count). The van der Waals surface area contributed by atoms with Crippen LogP contribution in [0.1, 0.15) is 19.0 Å². The lowest BCUT2D eigenvalue weighted by atomic mass is 10.2. The topological polar surface area (TPSA) is 105 Å². The third-order valence-electron chi connectivity index (χ3n) is 2.08. The number of H-pyrrole nitrogens is 1. The van der Waals surface area contributed by atoms with E-state index in [1.807, 2.05) is 6.07 Å². The standard InChI is InChI=1S/C9H13N7/c1-2-3-6-4-8(14-10)13-9(12-6)7-5-11-16-15-7/h4-5H,2-3,10H2,1H3,(H,11,15,16)(H,12,13,14). The van der Waals surface area contributed by atoms with Crippen molar-refractivity contribution in [2.45, 2.75) is 19.8 Å². The molecule has 0 atom stereocenters. The summed E-state index contributed by atoms with van der Waals surface area (Å²) in [6, 6.07) is 1.83. The summed E-state index contributed by atoms with van der Waals surface area (Å²) in [6.07, 6.45) is 3.46. The highest BCUT2D eigenvalue weighted by atomic mass is 15.3. The molecule has 0 bridgehead atoms. The largest absolute Gasteiger partial charge is 0.308 e. The molecule has 2 aromatic heterocycles. The van der Waals surface area contributed by atoms with Crippen molar-refractivity contribution < 1.29 is 0 Å². The van der Waals surface area contributed by atoms with Crippen LogP contribution < -0.4 is 11.3 Å². The molecule has 0 aliphatic heterocycles. The zero-order valence-corrected chi connectivity index (χ0v) is 8.94. The van der Waals surface area contributed by atoms with E-state index in [4.69, 9.17) is 5.84 Å². The molecule has 0 fully saturated rings. The zero-order valence-electron chi connectivity index (χ0n) is 8.94. The molecule has 16 heavy (non-hydrogen) atoms. The highest BCUT2D eigenvalue weighted by molar-refractivity contribution is 5.51. The van der Waals surface area contributed by atoms with E-state index in [0.29, 0.717) is 17.3 Å². The van der Waals surface area contributed by atoms with Crippen molar-refractivity contribution in [2.24, 2.45) is 5.84 Å². The summed E-state index contributed by atoms with van der Waals surface area (Å²) in [6.45, 7) is 2.09. The average molecular weight is 219 g/mol. The van der Waals surface area contributed by atoms with Crippen LogP contribution >= 0.6 is 0 Å². The second-order valence-electron chi connectivity index (χ2n) is 3.32. The van der Waals surface area contributed by atoms with Crippen molar-refractivity contribution in [2.75, 3.05) is 5.43 Å². The second kappa shape index (κ2) is 4.67. The van der Waals surface area contributed by atoms with E-state index in [2.05, 4.69) is 37.7 Å². The van der Waals surface area contributed by atoms with Gasteiger partial charge >= 0.3 is 0 Å². The van der Waals surface area contributed by atoms with Gasteiger partial charge in [-0.15, -0.1) is 0 Å². The first kappa shape index (κ1) is 10.5. The van der Waals surface area contributed by atoms with Crippen LogP contribution in [0, 0.1) is 0 Å². The Morgan fingerprint density at radius 1 is 1.44 bits per heavy atom. The molecule has 7 heteroatoms. The second-order valence-corrected chi connectivity index (χ2v) is 3.32. The Labute approximate surface area is 92.5 Å². The molecular formula is C9H13N7. The highest BCUT2D eigenvalue weighted by Gasteiger charge is 2.08. The zero-order chi connectivity index (χ0) is 11.4. The van der Waals surface area contributed by atoms with Gasteiger partial charge in [0, 0.05) is 11.8 Å². The lowest BCUT2D eigenvalue weighted by molar-refractivity contribution is 0.872. The van der Waals surface area contributed by atoms with Gasteiger partial charge in [0.15, 0.2) is 5.82 Å². The van der Waals surface area contributed by atoms with Gasteiger partial charge in [-0.05, 0) is 6.42 Å². The van der Waals surface area contributed by atoms with Gasteiger partial charge in [0.25, 0.3) is 0 Å². The van der Waals surface area contributed by atoms with Gasteiger partial charge in [-0.3, -0.25) is 0 Å². The van der Waals surface area contributed by atoms with Crippen LogP contribution in [0.2, 0.25) is 0 Å². The predicted octanol–water partition coefficient (Wildman–Crippen LogP) is 0.500. The molecule has 84 valence electrons. The minimum Gasteiger partial charge on any atom is -0.308 e. The fraction of sp³-hybridized carbons (Fsp3) is 0.333. The molecule has 0 aromatic carbocycles. The number of nitrogens with one attached hydrogen (secondary N) is 2. The lowest BCUT2D eigenvalue weighted by Gasteiger charge is -2.04. The smallest absolute Gasteiger partial charge is 0.184 e. The number of aromatic nitrogens is 5. The SMILES string of the molecule is CCCc1cc(NN)nc(-c2cn[nH]n2)n1. The number of nitrogens with two attached hydrogens (primary N) is 1. The number of anilines is 1. The quantitative estimate of drug-likeness (QED) is 0.510. The molecule has 0 unspecified atom stereocenters. The van der Waals surface area contributed by atoms with Crippen molar-refractivity contribution >= 4 is 5.82 Å². The lowest BCUT2D eigenvalue weighted by Crippen LogP contribution is -2.10. The molecule has 7 nitrogen and oxygen atoms in total. The molecule has 0 radical (unpaired) electrons. The number of rotatable bonds is 4. The maximum atomic E-state index is 5.35. The van der Waals surface area contributed by atoms with Crippen LogP contribution in [0.3, 0.4) is 0 Å². The van der Waals surface area contributed by atoms with Crippen LogP contribution in [0.15, 0.2) is 12.3 Å². The molecule has 0 aliphatic carbocycles. The molecule has 2 heterocycles. The summed E-state index contributed by atoms with van der Waals surface area (Å²) in [4.78, 5) is 8.59. The molecule has 0 saturated heterocycles. The maximum absolute atomic E-state index is 5.35. The molecule has 0 saturated carbocycles. The van der Waals surface area contributed by atoms with E-state index >= 15 is 0 Å². The van der Waals surface area contributed by atoms with E-state index in [-0.39, 0.29) is 0 Å². The van der Waals surface area contributed by atoms with Crippen molar-refractivity contribution in [3.8, 4) is 11.5 Å². The van der Waals surface area contributed by atoms with Gasteiger partial charge in [0.2, 0.25) is 0 Å².